The number of fused-ring (bicyclic) bond motifs is 1. The topological polar surface area (TPSA) is 107 Å². The molecule has 1 saturated carbocycles. The van der Waals surface area contributed by atoms with Gasteiger partial charge in [0.15, 0.2) is 0 Å². The summed E-state index contributed by atoms with van der Waals surface area (Å²) in [5, 5.41) is 21.9. The van der Waals surface area contributed by atoms with E-state index in [0.717, 1.165) is 31.2 Å². The van der Waals surface area contributed by atoms with Crippen LogP contribution in [0.25, 0.3) is 0 Å². The number of rotatable bonds is 8. The molecule has 4 atom stereocenters. The number of hydrogen-bond donors (Lipinski definition) is 3. The summed E-state index contributed by atoms with van der Waals surface area (Å²) in [7, 11) is 0. The van der Waals surface area contributed by atoms with Crippen LogP contribution in [0.5, 0.6) is 0 Å². The Kier molecular flexibility index (Phi) is 6.67. The molecule has 1 aromatic rings. The molecule has 0 spiro atoms. The van der Waals surface area contributed by atoms with Crippen molar-refractivity contribution in [2.75, 3.05) is 6.54 Å². The number of hydrogen-bond acceptors (Lipinski definition) is 4. The van der Waals surface area contributed by atoms with Crippen molar-refractivity contribution in [2.24, 2.45) is 5.92 Å². The number of carboxylic acid groups (broad SMARTS) is 2. The van der Waals surface area contributed by atoms with Gasteiger partial charge in [-0.2, -0.15) is 0 Å². The Morgan fingerprint density at radius 3 is 2.54 bits per heavy atom. The zero-order valence-corrected chi connectivity index (χ0v) is 15.9. The molecule has 0 unspecified atom stereocenters. The average molecular weight is 388 g/mol. The van der Waals surface area contributed by atoms with Crippen LogP contribution in [0.2, 0.25) is 0 Å². The smallest absolute Gasteiger partial charge is 0.323 e. The first kappa shape index (κ1) is 20.3. The molecule has 7 heteroatoms. The zero-order chi connectivity index (χ0) is 20.1. The lowest BCUT2D eigenvalue weighted by molar-refractivity contribution is -0.148. The Labute approximate surface area is 164 Å². The van der Waals surface area contributed by atoms with E-state index in [2.05, 4.69) is 5.32 Å². The van der Waals surface area contributed by atoms with Crippen molar-refractivity contribution in [2.45, 2.75) is 63.1 Å². The summed E-state index contributed by atoms with van der Waals surface area (Å²) in [5.74, 6) is -1.98. The summed E-state index contributed by atoms with van der Waals surface area (Å²) in [6.07, 6.45) is 5.15. The lowest BCUT2D eigenvalue weighted by atomic mass is 9.97. The Bertz CT molecular complexity index is 708. The Morgan fingerprint density at radius 1 is 1.11 bits per heavy atom. The molecule has 0 aromatic heterocycles. The van der Waals surface area contributed by atoms with Gasteiger partial charge in [-0.3, -0.25) is 19.7 Å². The molecule has 152 valence electrons. The summed E-state index contributed by atoms with van der Waals surface area (Å²) in [4.78, 5) is 37.6. The van der Waals surface area contributed by atoms with Crippen molar-refractivity contribution in [1.29, 1.82) is 0 Å². The molecule has 1 amide bonds. The molecule has 3 N–H and O–H groups in total. The van der Waals surface area contributed by atoms with E-state index in [1.54, 1.807) is 0 Å². The normalized spacial score (nSPS) is 25.8. The third-order valence-electron chi connectivity index (χ3n) is 6.00. The number of likely N-dealkylation sites (tertiary alicyclic amines) is 1. The second-order valence-electron chi connectivity index (χ2n) is 7.83. The van der Waals surface area contributed by atoms with Crippen LogP contribution in [0.4, 0.5) is 0 Å². The molecule has 0 bridgehead atoms. The van der Waals surface area contributed by atoms with E-state index >= 15 is 0 Å². The largest absolute Gasteiger partial charge is 0.480 e. The van der Waals surface area contributed by atoms with Gasteiger partial charge in [-0.15, -0.1) is 0 Å². The quantitative estimate of drug-likeness (QED) is 0.628. The highest BCUT2D eigenvalue weighted by atomic mass is 16.4. The zero-order valence-electron chi connectivity index (χ0n) is 15.9. The number of carboxylic acids is 2. The minimum atomic E-state index is -1.03. The molecule has 1 aromatic carbocycles. The Hall–Kier alpha value is -2.41. The number of nitrogens with zero attached hydrogens (tertiary/aromatic N) is 1. The van der Waals surface area contributed by atoms with Gasteiger partial charge in [0, 0.05) is 6.04 Å². The average Bonchev–Trinajstić information content (AvgIpc) is 3.09. The third-order valence-corrected chi connectivity index (χ3v) is 6.00. The lowest BCUT2D eigenvalue weighted by Crippen LogP contribution is -2.54. The summed E-state index contributed by atoms with van der Waals surface area (Å²) in [6.45, 7) is -0.320. The lowest BCUT2D eigenvalue weighted by Gasteiger charge is -2.31. The van der Waals surface area contributed by atoms with Gasteiger partial charge >= 0.3 is 11.9 Å². The van der Waals surface area contributed by atoms with E-state index in [1.807, 2.05) is 30.3 Å². The maximum atomic E-state index is 13.1. The summed E-state index contributed by atoms with van der Waals surface area (Å²) in [5.41, 5.74) is 1.05. The van der Waals surface area contributed by atoms with Gasteiger partial charge in [0.05, 0.1) is 6.04 Å². The molecule has 2 fully saturated rings. The van der Waals surface area contributed by atoms with E-state index in [9.17, 15) is 24.6 Å². The fraction of sp³-hybridized carbons (Fsp3) is 0.571. The summed E-state index contributed by atoms with van der Waals surface area (Å²) < 4.78 is 0. The van der Waals surface area contributed by atoms with E-state index in [1.165, 1.54) is 4.90 Å². The first-order valence-electron chi connectivity index (χ1n) is 10.0. The molecule has 1 aliphatic heterocycles. The third kappa shape index (κ3) is 4.90. The minimum absolute atomic E-state index is 0.0389. The molecule has 3 rings (SSSR count). The fourth-order valence-corrected chi connectivity index (χ4v) is 4.60. The number of benzene rings is 1. The van der Waals surface area contributed by atoms with Crippen molar-refractivity contribution >= 4 is 17.8 Å². The molecular formula is C21H28N2O5. The van der Waals surface area contributed by atoms with E-state index < -0.39 is 24.0 Å². The second kappa shape index (κ2) is 9.19. The summed E-state index contributed by atoms with van der Waals surface area (Å²) >= 11 is 0. The highest BCUT2D eigenvalue weighted by molar-refractivity contribution is 5.86. The van der Waals surface area contributed by atoms with Gasteiger partial charge in [0.25, 0.3) is 0 Å². The highest BCUT2D eigenvalue weighted by Crippen LogP contribution is 2.36. The molecular weight excluding hydrogens is 360 g/mol. The fourth-order valence-electron chi connectivity index (χ4n) is 4.60. The molecule has 1 aliphatic carbocycles. The molecule has 7 nitrogen and oxygen atoms in total. The Morgan fingerprint density at radius 2 is 1.86 bits per heavy atom. The number of aliphatic carboxylic acids is 2. The van der Waals surface area contributed by atoms with E-state index in [-0.39, 0.29) is 18.5 Å². The molecule has 28 heavy (non-hydrogen) atoms. The van der Waals surface area contributed by atoms with E-state index in [4.69, 9.17) is 0 Å². The second-order valence-corrected chi connectivity index (χ2v) is 7.83. The maximum Gasteiger partial charge on any atom is 0.323 e. The molecule has 1 saturated heterocycles. The Balaban J connectivity index is 1.69. The minimum Gasteiger partial charge on any atom is -0.480 e. The van der Waals surface area contributed by atoms with Crippen LogP contribution in [0, 0.1) is 5.92 Å². The number of amides is 1. The number of aryl methyl sites for hydroxylation is 1. The summed E-state index contributed by atoms with van der Waals surface area (Å²) in [6, 6.07) is 8.10. The predicted molar refractivity (Wildman–Crippen MR) is 103 cm³/mol. The SMILES string of the molecule is O=C(O)CN1C(=O)[C@@H](N[C@@H](CCc2ccccc2)C(=O)O)CC[C@H]2CCC[C@H]21. The van der Waals surface area contributed by atoms with Crippen molar-refractivity contribution in [3.05, 3.63) is 35.9 Å². The van der Waals surface area contributed by atoms with Gasteiger partial charge in [-0.05, 0) is 50.0 Å². The van der Waals surface area contributed by atoms with Gasteiger partial charge in [-0.1, -0.05) is 36.8 Å². The van der Waals surface area contributed by atoms with Gasteiger partial charge in [0.1, 0.15) is 12.6 Å². The number of carbonyl (C=O) groups excluding carboxylic acids is 1. The predicted octanol–water partition coefficient (Wildman–Crippen LogP) is 1.91. The first-order valence-corrected chi connectivity index (χ1v) is 10.0. The monoisotopic (exact) mass is 388 g/mol. The standard InChI is InChI=1S/C21H28N2O5/c24-19(25)13-23-18-8-4-7-15(18)10-12-16(20(23)26)22-17(21(27)28)11-9-14-5-2-1-3-6-14/h1-3,5-6,15-18,22H,4,7-13H2,(H,24,25)(H,27,28)/t15-,16+,17+,18-/m1/s1. The van der Waals surface area contributed by atoms with Crippen LogP contribution < -0.4 is 5.32 Å². The van der Waals surface area contributed by atoms with Gasteiger partial charge in [-0.25, -0.2) is 0 Å². The van der Waals surface area contributed by atoms with Crippen molar-refractivity contribution < 1.29 is 24.6 Å². The van der Waals surface area contributed by atoms with Crippen LogP contribution in [-0.2, 0) is 20.8 Å². The van der Waals surface area contributed by atoms with Crippen LogP contribution in [0.15, 0.2) is 30.3 Å². The van der Waals surface area contributed by atoms with Crippen LogP contribution >= 0.6 is 0 Å². The van der Waals surface area contributed by atoms with Crippen molar-refractivity contribution in [3.63, 3.8) is 0 Å². The molecule has 2 aliphatic rings. The molecule has 0 radical (unpaired) electrons. The van der Waals surface area contributed by atoms with Crippen LogP contribution in [0.3, 0.4) is 0 Å². The maximum absolute atomic E-state index is 13.1. The number of nitrogens with one attached hydrogen (secondary N) is 1. The highest BCUT2D eigenvalue weighted by Gasteiger charge is 2.42. The van der Waals surface area contributed by atoms with E-state index in [0.29, 0.717) is 25.2 Å². The van der Waals surface area contributed by atoms with Crippen molar-refractivity contribution in [3.8, 4) is 0 Å². The first-order chi connectivity index (χ1) is 13.5. The van der Waals surface area contributed by atoms with Gasteiger partial charge in [0.2, 0.25) is 5.91 Å². The molecule has 1 heterocycles. The van der Waals surface area contributed by atoms with Crippen LogP contribution in [0.1, 0.15) is 44.1 Å². The van der Waals surface area contributed by atoms with Crippen molar-refractivity contribution in [1.82, 2.24) is 10.2 Å². The van der Waals surface area contributed by atoms with Gasteiger partial charge < -0.3 is 15.1 Å². The number of carbonyl (C=O) groups is 3. The van der Waals surface area contributed by atoms with Crippen LogP contribution in [-0.4, -0.2) is 57.6 Å².